The average molecular weight is 523 g/mol. The number of para-hydroxylation sites is 1. The Morgan fingerprint density at radius 3 is 2.62 bits per heavy atom. The minimum atomic E-state index is -3.41. The van der Waals surface area contributed by atoms with Gasteiger partial charge in [-0.2, -0.15) is 0 Å². The van der Waals surface area contributed by atoms with E-state index in [1.54, 1.807) is 6.92 Å². The molecule has 1 aromatic heterocycles. The van der Waals surface area contributed by atoms with Crippen molar-refractivity contribution in [1.29, 1.82) is 0 Å². The van der Waals surface area contributed by atoms with E-state index in [4.69, 9.17) is 0 Å². The van der Waals surface area contributed by atoms with Crippen molar-refractivity contribution in [3.05, 3.63) is 64.9 Å². The molecule has 0 amide bonds. The number of likely N-dealkylation sites (tertiary alicyclic amines) is 1. The van der Waals surface area contributed by atoms with Gasteiger partial charge < -0.3 is 20.3 Å². The molecule has 0 bridgehead atoms. The summed E-state index contributed by atoms with van der Waals surface area (Å²) in [5.41, 5.74) is 2.16. The average Bonchev–Trinajstić information content (AvgIpc) is 3.21. The molecule has 0 unspecified atom stereocenters. The normalized spacial score (nSPS) is 21.3. The summed E-state index contributed by atoms with van der Waals surface area (Å²) in [6.07, 6.45) is 0.445. The third-order valence-corrected chi connectivity index (χ3v) is 7.54. The third kappa shape index (κ3) is 5.06. The molecule has 2 aliphatic rings. The Morgan fingerprint density at radius 2 is 1.89 bits per heavy atom. The van der Waals surface area contributed by atoms with Gasteiger partial charge in [0.05, 0.1) is 24.9 Å². The van der Waals surface area contributed by atoms with Gasteiger partial charge >= 0.3 is 0 Å². The number of benzene rings is 2. The fourth-order valence-corrected chi connectivity index (χ4v) is 5.62. The van der Waals surface area contributed by atoms with Crippen LogP contribution in [-0.2, 0) is 6.42 Å². The maximum Gasteiger partial charge on any atom is 0.283 e. The van der Waals surface area contributed by atoms with Gasteiger partial charge in [-0.05, 0) is 31.0 Å². The summed E-state index contributed by atoms with van der Waals surface area (Å²) in [5.74, 6) is -4.77. The summed E-state index contributed by atoms with van der Waals surface area (Å²) < 4.78 is 72.2. The largest absolute Gasteiger partial charge is 0.390 e. The summed E-state index contributed by atoms with van der Waals surface area (Å²) in [4.78, 5) is 6.72. The standard InChI is InChI=1S/C27H31F5N4O/c1-16-8-19-18-4-2-3-5-23(18)34-25(19)26(36(16)14-27(31,32)15-37)20-9-22(30)24(10-21(20)29)33-6-7-35-12-17(11-28)13-35/h2-5,9-10,16-17,26,33-34,37H,6-8,11-15H2,1H3/t16-,26-/m1/s1. The number of H-pyrrole nitrogens is 1. The van der Waals surface area contributed by atoms with Crippen LogP contribution in [0.2, 0.25) is 0 Å². The van der Waals surface area contributed by atoms with Crippen LogP contribution in [0.3, 0.4) is 0 Å². The Hall–Kier alpha value is -2.69. The first-order valence-corrected chi connectivity index (χ1v) is 12.6. The molecule has 5 nitrogen and oxygen atoms in total. The fourth-order valence-electron chi connectivity index (χ4n) is 5.62. The van der Waals surface area contributed by atoms with Crippen LogP contribution in [0, 0.1) is 17.6 Å². The number of nitrogens with one attached hydrogen (secondary N) is 2. The molecule has 2 aromatic carbocycles. The predicted molar refractivity (Wildman–Crippen MR) is 133 cm³/mol. The first-order chi connectivity index (χ1) is 17.7. The zero-order chi connectivity index (χ0) is 26.3. The summed E-state index contributed by atoms with van der Waals surface area (Å²) in [5, 5.41) is 13.1. The quantitative estimate of drug-likeness (QED) is 0.356. The van der Waals surface area contributed by atoms with Crippen LogP contribution in [0.15, 0.2) is 36.4 Å². The lowest BCUT2D eigenvalue weighted by Crippen LogP contribution is -2.49. The van der Waals surface area contributed by atoms with Crippen molar-refractivity contribution in [2.45, 2.75) is 31.4 Å². The maximum absolute atomic E-state index is 15.6. The van der Waals surface area contributed by atoms with Gasteiger partial charge in [0.25, 0.3) is 5.92 Å². The van der Waals surface area contributed by atoms with E-state index in [-0.39, 0.29) is 23.8 Å². The molecule has 1 fully saturated rings. The van der Waals surface area contributed by atoms with Gasteiger partial charge in [0.1, 0.15) is 18.2 Å². The number of hydrogen-bond donors (Lipinski definition) is 3. The lowest BCUT2D eigenvalue weighted by Gasteiger charge is -2.42. The smallest absolute Gasteiger partial charge is 0.283 e. The van der Waals surface area contributed by atoms with Gasteiger partial charge in [0, 0.05) is 66.4 Å². The molecule has 200 valence electrons. The van der Waals surface area contributed by atoms with Crippen LogP contribution >= 0.6 is 0 Å². The fraction of sp³-hybridized carbons (Fsp3) is 0.481. The minimum absolute atomic E-state index is 0.0169. The monoisotopic (exact) mass is 522 g/mol. The summed E-state index contributed by atoms with van der Waals surface area (Å²) in [6.45, 7) is 1.50. The molecule has 3 N–H and O–H groups in total. The number of nitrogens with zero attached hydrogens (tertiary/aromatic N) is 2. The molecule has 3 heterocycles. The van der Waals surface area contributed by atoms with Gasteiger partial charge in [-0.1, -0.05) is 18.2 Å². The van der Waals surface area contributed by atoms with Crippen LogP contribution < -0.4 is 5.32 Å². The third-order valence-electron chi connectivity index (χ3n) is 7.54. The van der Waals surface area contributed by atoms with Gasteiger partial charge in [-0.3, -0.25) is 9.29 Å². The zero-order valence-corrected chi connectivity index (χ0v) is 20.6. The van der Waals surface area contributed by atoms with E-state index in [0.717, 1.165) is 28.6 Å². The van der Waals surface area contributed by atoms with E-state index < -0.39 is 42.8 Å². The van der Waals surface area contributed by atoms with E-state index in [9.17, 15) is 18.3 Å². The molecule has 0 saturated carbocycles. The van der Waals surface area contributed by atoms with Gasteiger partial charge in [0.15, 0.2) is 0 Å². The highest BCUT2D eigenvalue weighted by Gasteiger charge is 2.42. The molecule has 2 atom stereocenters. The molecule has 0 radical (unpaired) electrons. The number of alkyl halides is 3. The van der Waals surface area contributed by atoms with Crippen molar-refractivity contribution in [2.75, 3.05) is 51.3 Å². The Bertz CT molecular complexity index is 1260. The molecular weight excluding hydrogens is 491 g/mol. The molecule has 5 rings (SSSR count). The minimum Gasteiger partial charge on any atom is -0.390 e. The lowest BCUT2D eigenvalue weighted by molar-refractivity contribution is -0.0867. The molecule has 2 aliphatic heterocycles. The van der Waals surface area contributed by atoms with E-state index in [1.165, 1.54) is 4.90 Å². The van der Waals surface area contributed by atoms with Gasteiger partial charge in [0.2, 0.25) is 0 Å². The Balaban J connectivity index is 1.47. The van der Waals surface area contributed by atoms with Crippen LogP contribution in [0.4, 0.5) is 27.6 Å². The maximum atomic E-state index is 15.6. The Kier molecular flexibility index (Phi) is 7.17. The molecule has 3 aromatic rings. The topological polar surface area (TPSA) is 54.5 Å². The molecule has 37 heavy (non-hydrogen) atoms. The number of aromatic nitrogens is 1. The second-order valence-electron chi connectivity index (χ2n) is 10.3. The van der Waals surface area contributed by atoms with Crippen LogP contribution in [0.25, 0.3) is 10.9 Å². The number of aliphatic hydroxyl groups excluding tert-OH is 1. The number of fused-ring (bicyclic) bond motifs is 3. The number of anilines is 1. The van der Waals surface area contributed by atoms with E-state index >= 15 is 8.78 Å². The number of aliphatic hydroxyl groups is 1. The van der Waals surface area contributed by atoms with Crippen LogP contribution in [0.5, 0.6) is 0 Å². The molecular formula is C27H31F5N4O. The predicted octanol–water partition coefficient (Wildman–Crippen LogP) is 4.72. The summed E-state index contributed by atoms with van der Waals surface area (Å²) in [6, 6.07) is 8.23. The highest BCUT2D eigenvalue weighted by molar-refractivity contribution is 5.85. The van der Waals surface area contributed by atoms with Gasteiger partial charge in [-0.15, -0.1) is 0 Å². The Labute approximate surface area is 212 Å². The van der Waals surface area contributed by atoms with E-state index in [1.807, 2.05) is 29.2 Å². The van der Waals surface area contributed by atoms with Crippen molar-refractivity contribution >= 4 is 16.6 Å². The first kappa shape index (κ1) is 25.9. The highest BCUT2D eigenvalue weighted by Crippen LogP contribution is 2.43. The molecule has 10 heteroatoms. The number of rotatable bonds is 9. The number of halogens is 5. The number of aromatic amines is 1. The SMILES string of the molecule is C[C@@H]1Cc2c([nH]c3ccccc23)[C@@H](c2cc(F)c(NCCN3CC(CF)C3)cc2F)N1CC(F)(F)CO. The molecule has 0 aliphatic carbocycles. The second-order valence-corrected chi connectivity index (χ2v) is 10.3. The van der Waals surface area contributed by atoms with E-state index in [0.29, 0.717) is 38.3 Å². The van der Waals surface area contributed by atoms with Crippen LogP contribution in [-0.4, -0.2) is 77.9 Å². The zero-order valence-electron chi connectivity index (χ0n) is 20.6. The van der Waals surface area contributed by atoms with Crippen molar-refractivity contribution in [3.8, 4) is 0 Å². The van der Waals surface area contributed by atoms with Crippen LogP contribution in [0.1, 0.15) is 29.8 Å². The van der Waals surface area contributed by atoms with E-state index in [2.05, 4.69) is 10.3 Å². The molecule has 0 spiro atoms. The number of hydrogen-bond acceptors (Lipinski definition) is 4. The summed E-state index contributed by atoms with van der Waals surface area (Å²) >= 11 is 0. The highest BCUT2D eigenvalue weighted by atomic mass is 19.3. The summed E-state index contributed by atoms with van der Waals surface area (Å²) in [7, 11) is 0. The van der Waals surface area contributed by atoms with Crippen molar-refractivity contribution in [3.63, 3.8) is 0 Å². The first-order valence-electron chi connectivity index (χ1n) is 12.6. The van der Waals surface area contributed by atoms with Crippen molar-refractivity contribution in [1.82, 2.24) is 14.8 Å². The molecule has 1 saturated heterocycles. The van der Waals surface area contributed by atoms with Gasteiger partial charge in [-0.25, -0.2) is 17.6 Å². The Morgan fingerprint density at radius 1 is 1.14 bits per heavy atom. The van der Waals surface area contributed by atoms with Crippen molar-refractivity contribution in [2.24, 2.45) is 5.92 Å². The second kappa shape index (κ2) is 10.2. The lowest BCUT2D eigenvalue weighted by atomic mass is 9.88. The van der Waals surface area contributed by atoms with Crippen molar-refractivity contribution < 1.29 is 27.1 Å².